The summed E-state index contributed by atoms with van der Waals surface area (Å²) in [6.45, 7) is 0.634. The molecule has 0 bridgehead atoms. The van der Waals surface area contributed by atoms with Crippen LogP contribution < -0.4 is 5.73 Å². The van der Waals surface area contributed by atoms with Crippen LogP contribution in [-0.4, -0.2) is 38.4 Å². The number of benzene rings is 1. The first-order chi connectivity index (χ1) is 10.3. The van der Waals surface area contributed by atoms with Crippen LogP contribution in [-0.2, 0) is 23.1 Å². The molecule has 0 aliphatic rings. The number of hydrogen-bond acceptors (Lipinski definition) is 4. The van der Waals surface area contributed by atoms with Gasteiger partial charge in [-0.25, -0.2) is 9.59 Å². The molecule has 0 atom stereocenters. The summed E-state index contributed by atoms with van der Waals surface area (Å²) in [6, 6.07) is 5.42. The number of carboxylic acid groups (broad SMARTS) is 2. The second-order valence-corrected chi connectivity index (χ2v) is 4.52. The van der Waals surface area contributed by atoms with Gasteiger partial charge < -0.3 is 25.6 Å². The van der Waals surface area contributed by atoms with Gasteiger partial charge in [0.05, 0.1) is 0 Å². The fraction of sp³-hybridized carbons (Fsp3) is 0.200. The first kappa shape index (κ1) is 17.3. The van der Waals surface area contributed by atoms with Crippen molar-refractivity contribution in [1.29, 1.82) is 0 Å². The average molecular weight is 306 g/mol. The van der Waals surface area contributed by atoms with Crippen molar-refractivity contribution in [3.05, 3.63) is 42.1 Å². The molecule has 7 nitrogen and oxygen atoms in total. The quantitative estimate of drug-likeness (QED) is 0.627. The highest BCUT2D eigenvalue weighted by molar-refractivity contribution is 5.89. The molecule has 5 N–H and O–H groups in total. The van der Waals surface area contributed by atoms with Crippen LogP contribution in [0.15, 0.2) is 36.5 Å². The number of phenolic OH excluding ortho intramolecular Hbond substituents is 1. The molecule has 1 aromatic heterocycles. The van der Waals surface area contributed by atoms with Crippen LogP contribution in [0.3, 0.4) is 0 Å². The largest absolute Gasteiger partial charge is 0.508 e. The van der Waals surface area contributed by atoms with E-state index in [0.717, 1.165) is 17.3 Å². The molecule has 2 aromatic rings. The van der Waals surface area contributed by atoms with Crippen molar-refractivity contribution in [3.8, 4) is 5.75 Å². The predicted molar refractivity (Wildman–Crippen MR) is 81.8 cm³/mol. The number of aryl methyl sites for hydroxylation is 1. The SMILES string of the molecule is Cn1cc(CCN)c2cc(O)ccc21.O=C(O)C=CC(=O)O. The molecule has 118 valence electrons. The van der Waals surface area contributed by atoms with Crippen molar-refractivity contribution in [2.24, 2.45) is 12.8 Å². The van der Waals surface area contributed by atoms with E-state index >= 15 is 0 Å². The maximum absolute atomic E-state index is 9.55. The van der Waals surface area contributed by atoms with Gasteiger partial charge in [0.1, 0.15) is 5.75 Å². The molecule has 1 heterocycles. The minimum Gasteiger partial charge on any atom is -0.508 e. The number of carboxylic acids is 2. The van der Waals surface area contributed by atoms with Crippen LogP contribution in [0.2, 0.25) is 0 Å². The molecule has 2 rings (SSSR count). The summed E-state index contributed by atoms with van der Waals surface area (Å²) < 4.78 is 2.06. The lowest BCUT2D eigenvalue weighted by Gasteiger charge is -1.97. The van der Waals surface area contributed by atoms with Crippen molar-refractivity contribution in [1.82, 2.24) is 4.57 Å². The first-order valence-electron chi connectivity index (χ1n) is 6.46. The van der Waals surface area contributed by atoms with Crippen LogP contribution in [0.4, 0.5) is 0 Å². The lowest BCUT2D eigenvalue weighted by molar-refractivity contribution is -0.134. The van der Waals surface area contributed by atoms with Crippen molar-refractivity contribution >= 4 is 22.8 Å². The Morgan fingerprint density at radius 2 is 1.82 bits per heavy atom. The lowest BCUT2D eigenvalue weighted by atomic mass is 10.1. The number of carbonyl (C=O) groups is 2. The molecule has 22 heavy (non-hydrogen) atoms. The third-order valence-corrected chi connectivity index (χ3v) is 2.84. The van der Waals surface area contributed by atoms with E-state index in [1.807, 2.05) is 13.1 Å². The summed E-state index contributed by atoms with van der Waals surface area (Å²) in [7, 11) is 2.00. The maximum Gasteiger partial charge on any atom is 0.328 e. The Morgan fingerprint density at radius 3 is 2.32 bits per heavy atom. The van der Waals surface area contributed by atoms with Gasteiger partial charge in [0, 0.05) is 36.3 Å². The molecule has 0 spiro atoms. The summed E-state index contributed by atoms with van der Waals surface area (Å²) >= 11 is 0. The average Bonchev–Trinajstić information content (AvgIpc) is 2.74. The Kier molecular flexibility index (Phi) is 6.15. The predicted octanol–water partition coefficient (Wildman–Crippen LogP) is 1.10. The van der Waals surface area contributed by atoms with Crippen LogP contribution in [0.5, 0.6) is 5.75 Å². The zero-order chi connectivity index (χ0) is 16.7. The molecule has 7 heteroatoms. The molecule has 0 unspecified atom stereocenters. The minimum absolute atomic E-state index is 0.307. The lowest BCUT2D eigenvalue weighted by Crippen LogP contribution is -2.01. The van der Waals surface area contributed by atoms with Gasteiger partial charge in [-0.2, -0.15) is 0 Å². The standard InChI is InChI=1S/C11H14N2O.C4H4O4/c1-13-7-8(4-5-12)10-6-9(14)2-3-11(10)13;5-3(6)1-2-4(7)8/h2-3,6-7,14H,4-5,12H2,1H3;1-2H,(H,5,6)(H,7,8). The van der Waals surface area contributed by atoms with Gasteiger partial charge in [0.2, 0.25) is 0 Å². The number of aromatic hydroxyl groups is 1. The highest BCUT2D eigenvalue weighted by Gasteiger charge is 2.05. The Balaban J connectivity index is 0.000000261. The molecule has 0 aliphatic carbocycles. The molecule has 0 saturated heterocycles. The third kappa shape index (κ3) is 4.95. The summed E-state index contributed by atoms with van der Waals surface area (Å²) in [4.78, 5) is 19.1. The van der Waals surface area contributed by atoms with E-state index in [-0.39, 0.29) is 0 Å². The molecular formula is C15H18N2O5. The number of nitrogens with zero attached hydrogens (tertiary/aromatic N) is 1. The number of aliphatic carboxylic acids is 2. The fourth-order valence-corrected chi connectivity index (χ4v) is 1.96. The summed E-state index contributed by atoms with van der Waals surface area (Å²) in [5, 5.41) is 26.1. The molecule has 0 saturated carbocycles. The smallest absolute Gasteiger partial charge is 0.328 e. The zero-order valence-corrected chi connectivity index (χ0v) is 12.1. The normalized spacial score (nSPS) is 10.5. The van der Waals surface area contributed by atoms with E-state index in [9.17, 15) is 14.7 Å². The van der Waals surface area contributed by atoms with E-state index in [1.165, 1.54) is 5.56 Å². The Morgan fingerprint density at radius 1 is 1.23 bits per heavy atom. The van der Waals surface area contributed by atoms with Gasteiger partial charge in [-0.15, -0.1) is 0 Å². The number of phenols is 1. The van der Waals surface area contributed by atoms with E-state index in [4.69, 9.17) is 15.9 Å². The molecule has 1 aromatic carbocycles. The van der Waals surface area contributed by atoms with E-state index in [1.54, 1.807) is 12.1 Å². The fourth-order valence-electron chi connectivity index (χ4n) is 1.96. The number of fused-ring (bicyclic) bond motifs is 1. The highest BCUT2D eigenvalue weighted by Crippen LogP contribution is 2.24. The van der Waals surface area contributed by atoms with E-state index in [2.05, 4.69) is 10.8 Å². The van der Waals surface area contributed by atoms with Crippen molar-refractivity contribution in [2.75, 3.05) is 6.54 Å². The van der Waals surface area contributed by atoms with Crippen LogP contribution in [0, 0.1) is 0 Å². The maximum atomic E-state index is 9.55. The first-order valence-corrected chi connectivity index (χ1v) is 6.46. The van der Waals surface area contributed by atoms with Crippen molar-refractivity contribution < 1.29 is 24.9 Å². The molecule has 0 amide bonds. The second-order valence-electron chi connectivity index (χ2n) is 4.52. The topological polar surface area (TPSA) is 126 Å². The molecule has 0 aliphatic heterocycles. The van der Waals surface area contributed by atoms with Crippen LogP contribution in [0.25, 0.3) is 10.9 Å². The Hall–Kier alpha value is -2.80. The van der Waals surface area contributed by atoms with Gasteiger partial charge >= 0.3 is 11.9 Å². The summed E-state index contributed by atoms with van der Waals surface area (Å²) in [5.74, 6) is -2.21. The van der Waals surface area contributed by atoms with Crippen LogP contribution in [0.1, 0.15) is 5.56 Å². The monoisotopic (exact) mass is 306 g/mol. The van der Waals surface area contributed by atoms with Crippen molar-refractivity contribution in [2.45, 2.75) is 6.42 Å². The minimum atomic E-state index is -1.26. The highest BCUT2D eigenvalue weighted by atomic mass is 16.4. The number of rotatable bonds is 4. The van der Waals surface area contributed by atoms with Gasteiger partial charge in [-0.3, -0.25) is 0 Å². The number of aromatic nitrogens is 1. The molecular weight excluding hydrogens is 288 g/mol. The van der Waals surface area contributed by atoms with Gasteiger partial charge in [0.15, 0.2) is 0 Å². The molecule has 0 radical (unpaired) electrons. The number of nitrogens with two attached hydrogens (primary N) is 1. The Labute approximate surface area is 126 Å². The van der Waals surface area contributed by atoms with Gasteiger partial charge in [-0.05, 0) is 36.7 Å². The van der Waals surface area contributed by atoms with Crippen LogP contribution >= 0.6 is 0 Å². The van der Waals surface area contributed by atoms with Gasteiger partial charge in [-0.1, -0.05) is 0 Å². The van der Waals surface area contributed by atoms with E-state index < -0.39 is 11.9 Å². The molecule has 0 fully saturated rings. The van der Waals surface area contributed by atoms with E-state index in [0.29, 0.717) is 24.4 Å². The van der Waals surface area contributed by atoms with Gasteiger partial charge in [0.25, 0.3) is 0 Å². The Bertz CT molecular complexity index is 687. The third-order valence-electron chi connectivity index (χ3n) is 2.84. The number of hydrogen-bond donors (Lipinski definition) is 4. The summed E-state index contributed by atoms with van der Waals surface area (Å²) in [5.41, 5.74) is 7.85. The second kappa shape index (κ2) is 7.84. The zero-order valence-electron chi connectivity index (χ0n) is 12.1. The van der Waals surface area contributed by atoms with Crippen molar-refractivity contribution in [3.63, 3.8) is 0 Å². The summed E-state index contributed by atoms with van der Waals surface area (Å²) in [6.07, 6.45) is 4.03.